The lowest BCUT2D eigenvalue weighted by atomic mass is 10.2. The van der Waals surface area contributed by atoms with E-state index in [0.717, 1.165) is 0 Å². The van der Waals surface area contributed by atoms with Gasteiger partial charge in [0.05, 0.1) is 11.5 Å². The number of benzene rings is 2. The van der Waals surface area contributed by atoms with E-state index in [4.69, 9.17) is 16.3 Å². The van der Waals surface area contributed by atoms with Gasteiger partial charge in [-0.2, -0.15) is 0 Å². The molecule has 0 aliphatic heterocycles. The molecule has 6 nitrogen and oxygen atoms in total. The molecular weight excluding hydrogens is 364 g/mol. The normalized spacial score (nSPS) is 12.6. The zero-order valence-corrected chi connectivity index (χ0v) is 15.4. The van der Waals surface area contributed by atoms with E-state index in [1.165, 1.54) is 31.4 Å². The Morgan fingerprint density at radius 1 is 1.20 bits per heavy atom. The number of carbonyl (C=O) groups is 1. The summed E-state index contributed by atoms with van der Waals surface area (Å²) in [5.74, 6) is -0.355. The largest absolute Gasteiger partial charge is 0.383 e. The van der Waals surface area contributed by atoms with Crippen molar-refractivity contribution < 1.29 is 17.9 Å². The fourth-order valence-electron chi connectivity index (χ4n) is 2.17. The standard InChI is InChI=1S/C17H19ClN2O4S/c1-12(11-24-2)20-25(22,23)16-8-6-13(7-9-16)17(21)19-15-5-3-4-14(18)10-15/h3-10,12,20H,11H2,1-2H3,(H,19,21)/t12-/m0/s1. The molecule has 0 saturated carbocycles. The molecule has 0 aliphatic carbocycles. The second kappa shape index (κ2) is 8.44. The Labute approximate surface area is 152 Å². The molecule has 134 valence electrons. The molecule has 0 saturated heterocycles. The summed E-state index contributed by atoms with van der Waals surface area (Å²) >= 11 is 5.88. The smallest absolute Gasteiger partial charge is 0.255 e. The quantitative estimate of drug-likeness (QED) is 0.771. The number of anilines is 1. The van der Waals surface area contributed by atoms with Crippen molar-refractivity contribution in [3.05, 3.63) is 59.1 Å². The van der Waals surface area contributed by atoms with Crippen LogP contribution in [0.25, 0.3) is 0 Å². The first kappa shape index (κ1) is 19.4. The molecule has 0 aromatic heterocycles. The van der Waals surface area contributed by atoms with Crippen LogP contribution < -0.4 is 10.0 Å². The van der Waals surface area contributed by atoms with Gasteiger partial charge in [-0.25, -0.2) is 13.1 Å². The van der Waals surface area contributed by atoms with Crippen molar-refractivity contribution in [1.82, 2.24) is 4.72 Å². The van der Waals surface area contributed by atoms with Crippen LogP contribution in [0.3, 0.4) is 0 Å². The van der Waals surface area contributed by atoms with Gasteiger partial charge in [-0.15, -0.1) is 0 Å². The molecule has 1 amide bonds. The number of carbonyl (C=O) groups excluding carboxylic acids is 1. The summed E-state index contributed by atoms with van der Waals surface area (Å²) in [6.07, 6.45) is 0. The van der Waals surface area contributed by atoms with E-state index < -0.39 is 10.0 Å². The number of hydrogen-bond donors (Lipinski definition) is 2. The first-order chi connectivity index (χ1) is 11.8. The maximum atomic E-state index is 12.2. The van der Waals surface area contributed by atoms with Gasteiger partial charge in [0.15, 0.2) is 0 Å². The highest BCUT2D eigenvalue weighted by atomic mass is 35.5. The van der Waals surface area contributed by atoms with Gasteiger partial charge in [0, 0.05) is 29.4 Å². The Kier molecular flexibility index (Phi) is 6.55. The molecule has 0 aliphatic rings. The van der Waals surface area contributed by atoms with Gasteiger partial charge in [0.2, 0.25) is 10.0 Å². The summed E-state index contributed by atoms with van der Waals surface area (Å²) in [6, 6.07) is 12.1. The van der Waals surface area contributed by atoms with Gasteiger partial charge in [-0.3, -0.25) is 4.79 Å². The predicted molar refractivity (Wildman–Crippen MR) is 97.5 cm³/mol. The van der Waals surface area contributed by atoms with E-state index in [-0.39, 0.29) is 23.5 Å². The monoisotopic (exact) mass is 382 g/mol. The van der Waals surface area contributed by atoms with Crippen molar-refractivity contribution in [2.24, 2.45) is 0 Å². The Bertz CT molecular complexity index is 838. The third kappa shape index (κ3) is 5.54. The van der Waals surface area contributed by atoms with Crippen molar-refractivity contribution in [2.75, 3.05) is 19.0 Å². The van der Waals surface area contributed by atoms with E-state index >= 15 is 0 Å². The van der Waals surface area contributed by atoms with Gasteiger partial charge in [0.25, 0.3) is 5.91 Å². The van der Waals surface area contributed by atoms with Crippen LogP contribution in [0.2, 0.25) is 5.02 Å². The van der Waals surface area contributed by atoms with E-state index in [2.05, 4.69) is 10.0 Å². The minimum atomic E-state index is -3.67. The fourth-order valence-corrected chi connectivity index (χ4v) is 3.59. The number of halogens is 1. The average Bonchev–Trinajstić information content (AvgIpc) is 2.54. The molecule has 0 radical (unpaired) electrons. The zero-order chi connectivity index (χ0) is 18.4. The highest BCUT2D eigenvalue weighted by Crippen LogP contribution is 2.17. The van der Waals surface area contributed by atoms with E-state index in [9.17, 15) is 13.2 Å². The summed E-state index contributed by atoms with van der Waals surface area (Å²) in [5, 5.41) is 3.21. The molecule has 1 atom stereocenters. The van der Waals surface area contributed by atoms with Crippen LogP contribution >= 0.6 is 11.6 Å². The highest BCUT2D eigenvalue weighted by molar-refractivity contribution is 7.89. The van der Waals surface area contributed by atoms with Crippen LogP contribution in [0.1, 0.15) is 17.3 Å². The molecule has 2 N–H and O–H groups in total. The molecule has 0 bridgehead atoms. The first-order valence-corrected chi connectivity index (χ1v) is 9.36. The lowest BCUT2D eigenvalue weighted by Gasteiger charge is -2.13. The van der Waals surface area contributed by atoms with Gasteiger partial charge in [-0.1, -0.05) is 17.7 Å². The molecule has 0 fully saturated rings. The number of rotatable bonds is 7. The van der Waals surface area contributed by atoms with Crippen molar-refractivity contribution in [2.45, 2.75) is 17.9 Å². The van der Waals surface area contributed by atoms with Crippen molar-refractivity contribution >= 4 is 33.2 Å². The average molecular weight is 383 g/mol. The number of ether oxygens (including phenoxy) is 1. The van der Waals surface area contributed by atoms with Gasteiger partial charge < -0.3 is 10.1 Å². The van der Waals surface area contributed by atoms with Crippen molar-refractivity contribution in [3.63, 3.8) is 0 Å². The fraction of sp³-hybridized carbons (Fsp3) is 0.235. The topological polar surface area (TPSA) is 84.5 Å². The van der Waals surface area contributed by atoms with Crippen LogP contribution in [0.5, 0.6) is 0 Å². The van der Waals surface area contributed by atoms with Crippen LogP contribution in [0.15, 0.2) is 53.4 Å². The highest BCUT2D eigenvalue weighted by Gasteiger charge is 2.18. The van der Waals surface area contributed by atoms with E-state index in [1.807, 2.05) is 0 Å². The number of sulfonamides is 1. The van der Waals surface area contributed by atoms with Gasteiger partial charge in [0.1, 0.15) is 0 Å². The summed E-state index contributed by atoms with van der Waals surface area (Å²) in [7, 11) is -2.17. The molecule has 0 unspecified atom stereocenters. The third-order valence-corrected chi connectivity index (χ3v) is 5.12. The van der Waals surface area contributed by atoms with E-state index in [0.29, 0.717) is 16.3 Å². The van der Waals surface area contributed by atoms with Crippen LogP contribution in [0.4, 0.5) is 5.69 Å². The maximum Gasteiger partial charge on any atom is 0.255 e. The Balaban J connectivity index is 2.09. The lowest BCUT2D eigenvalue weighted by molar-refractivity contribution is 0.102. The maximum absolute atomic E-state index is 12.2. The van der Waals surface area contributed by atoms with Crippen LogP contribution in [0, 0.1) is 0 Å². The first-order valence-electron chi connectivity index (χ1n) is 7.50. The predicted octanol–water partition coefficient (Wildman–Crippen LogP) is 2.91. The summed E-state index contributed by atoms with van der Waals surface area (Å²) < 4.78 is 31.9. The van der Waals surface area contributed by atoms with Crippen LogP contribution in [-0.4, -0.2) is 34.1 Å². The summed E-state index contributed by atoms with van der Waals surface area (Å²) in [5.41, 5.74) is 0.896. The Hall–Kier alpha value is -1.93. The molecule has 25 heavy (non-hydrogen) atoms. The minimum Gasteiger partial charge on any atom is -0.383 e. The second-order valence-electron chi connectivity index (χ2n) is 5.47. The molecule has 0 heterocycles. The van der Waals surface area contributed by atoms with E-state index in [1.54, 1.807) is 31.2 Å². The van der Waals surface area contributed by atoms with Gasteiger partial charge >= 0.3 is 0 Å². The van der Waals surface area contributed by atoms with Crippen LogP contribution in [-0.2, 0) is 14.8 Å². The molecule has 8 heteroatoms. The molecule has 2 rings (SSSR count). The summed E-state index contributed by atoms with van der Waals surface area (Å²) in [6.45, 7) is 1.97. The molecule has 2 aromatic rings. The minimum absolute atomic E-state index is 0.0785. The summed E-state index contributed by atoms with van der Waals surface area (Å²) in [4.78, 5) is 12.3. The second-order valence-corrected chi connectivity index (χ2v) is 7.62. The number of nitrogens with one attached hydrogen (secondary N) is 2. The molecule has 2 aromatic carbocycles. The molecular formula is C17H19ClN2O4S. The Morgan fingerprint density at radius 3 is 2.48 bits per heavy atom. The van der Waals surface area contributed by atoms with Gasteiger partial charge in [-0.05, 0) is 49.4 Å². The number of methoxy groups -OCH3 is 1. The lowest BCUT2D eigenvalue weighted by Crippen LogP contribution is -2.35. The van der Waals surface area contributed by atoms with Crippen molar-refractivity contribution in [3.8, 4) is 0 Å². The van der Waals surface area contributed by atoms with Crippen molar-refractivity contribution in [1.29, 1.82) is 0 Å². The Morgan fingerprint density at radius 2 is 1.88 bits per heavy atom. The number of amides is 1. The third-order valence-electron chi connectivity index (χ3n) is 3.28. The molecule has 0 spiro atoms. The number of hydrogen-bond acceptors (Lipinski definition) is 4. The SMILES string of the molecule is COC[C@H](C)NS(=O)(=O)c1ccc(C(=O)Nc2cccc(Cl)c2)cc1. The zero-order valence-electron chi connectivity index (χ0n) is 13.8.